The Balaban J connectivity index is 2.20. The van der Waals surface area contributed by atoms with Gasteiger partial charge in [0.1, 0.15) is 12.2 Å². The Labute approximate surface area is 75.6 Å². The first-order valence-electron chi connectivity index (χ1n) is 4.45. The number of rotatable bonds is 2. The molecule has 4 nitrogen and oxygen atoms in total. The molecule has 70 valence electrons. The van der Waals surface area contributed by atoms with Crippen LogP contribution in [-0.4, -0.2) is 16.1 Å². The van der Waals surface area contributed by atoms with Gasteiger partial charge >= 0.3 is 5.97 Å². The number of aliphatic carboxylic acids is 1. The maximum absolute atomic E-state index is 10.4. The van der Waals surface area contributed by atoms with E-state index < -0.39 is 5.97 Å². The molecule has 0 saturated heterocycles. The standard InChI is InChI=1S/C9H11NO3/c11-9(12)5-8-10-6-3-1-2-4-7(6)13-8/h1-5H2,(H,11,12). The Hall–Kier alpha value is -1.32. The van der Waals surface area contributed by atoms with Gasteiger partial charge in [-0.1, -0.05) is 0 Å². The summed E-state index contributed by atoms with van der Waals surface area (Å²) in [5.74, 6) is 0.348. The number of hydrogen-bond acceptors (Lipinski definition) is 3. The monoisotopic (exact) mass is 181 g/mol. The summed E-state index contributed by atoms with van der Waals surface area (Å²) in [6.07, 6.45) is 3.98. The SMILES string of the molecule is O=C(O)Cc1nc2c(o1)CCCC2. The van der Waals surface area contributed by atoms with E-state index in [1.165, 1.54) is 0 Å². The van der Waals surface area contributed by atoms with Gasteiger partial charge in [-0.3, -0.25) is 4.79 Å². The van der Waals surface area contributed by atoms with Crippen molar-refractivity contribution >= 4 is 5.97 Å². The van der Waals surface area contributed by atoms with Crippen molar-refractivity contribution in [3.63, 3.8) is 0 Å². The molecule has 0 aromatic carbocycles. The lowest BCUT2D eigenvalue weighted by atomic mass is 10.0. The predicted molar refractivity (Wildman–Crippen MR) is 44.5 cm³/mol. The third-order valence-electron chi connectivity index (χ3n) is 2.19. The number of carboxylic acids is 1. The van der Waals surface area contributed by atoms with Crippen molar-refractivity contribution in [2.24, 2.45) is 0 Å². The summed E-state index contributed by atoms with van der Waals surface area (Å²) < 4.78 is 5.32. The molecule has 1 N–H and O–H groups in total. The van der Waals surface area contributed by atoms with Gasteiger partial charge < -0.3 is 9.52 Å². The zero-order valence-corrected chi connectivity index (χ0v) is 7.25. The van der Waals surface area contributed by atoms with E-state index in [-0.39, 0.29) is 6.42 Å². The van der Waals surface area contributed by atoms with E-state index in [9.17, 15) is 4.79 Å². The molecule has 0 radical (unpaired) electrons. The van der Waals surface area contributed by atoms with Gasteiger partial charge in [-0.2, -0.15) is 0 Å². The first kappa shape index (κ1) is 8.29. The van der Waals surface area contributed by atoms with Gasteiger partial charge in [-0.25, -0.2) is 4.98 Å². The third kappa shape index (κ3) is 1.71. The second kappa shape index (κ2) is 3.20. The summed E-state index contributed by atoms with van der Waals surface area (Å²) in [4.78, 5) is 14.5. The van der Waals surface area contributed by atoms with Crippen LogP contribution in [0, 0.1) is 0 Å². The summed E-state index contributed by atoms with van der Waals surface area (Å²) in [7, 11) is 0. The quantitative estimate of drug-likeness (QED) is 0.744. The summed E-state index contributed by atoms with van der Waals surface area (Å²) >= 11 is 0. The number of carboxylic acid groups (broad SMARTS) is 1. The molecule has 1 aliphatic rings. The summed E-state index contributed by atoms with van der Waals surface area (Å²) in [5.41, 5.74) is 0.961. The highest BCUT2D eigenvalue weighted by molar-refractivity contribution is 5.68. The Morgan fingerprint density at radius 2 is 2.23 bits per heavy atom. The molecule has 2 rings (SSSR count). The normalized spacial score (nSPS) is 15.4. The lowest BCUT2D eigenvalue weighted by Crippen LogP contribution is -2.01. The fraction of sp³-hybridized carbons (Fsp3) is 0.556. The molecule has 0 fully saturated rings. The Bertz CT molecular complexity index is 306. The average molecular weight is 181 g/mol. The minimum Gasteiger partial charge on any atom is -0.481 e. The smallest absolute Gasteiger partial charge is 0.312 e. The van der Waals surface area contributed by atoms with Crippen LogP contribution < -0.4 is 0 Å². The van der Waals surface area contributed by atoms with E-state index in [2.05, 4.69) is 4.98 Å². The van der Waals surface area contributed by atoms with Gasteiger partial charge in [-0.15, -0.1) is 0 Å². The van der Waals surface area contributed by atoms with Crippen molar-refractivity contribution in [1.29, 1.82) is 0 Å². The van der Waals surface area contributed by atoms with Crippen LogP contribution in [-0.2, 0) is 24.1 Å². The number of hydrogen-bond donors (Lipinski definition) is 1. The summed E-state index contributed by atoms with van der Waals surface area (Å²) in [6, 6.07) is 0. The van der Waals surface area contributed by atoms with Crippen LogP contribution in [0.3, 0.4) is 0 Å². The van der Waals surface area contributed by atoms with E-state index in [0.717, 1.165) is 37.1 Å². The van der Waals surface area contributed by atoms with E-state index in [1.54, 1.807) is 0 Å². The first-order valence-corrected chi connectivity index (χ1v) is 4.45. The first-order chi connectivity index (χ1) is 6.25. The highest BCUT2D eigenvalue weighted by Gasteiger charge is 2.17. The lowest BCUT2D eigenvalue weighted by molar-refractivity contribution is -0.136. The van der Waals surface area contributed by atoms with Crippen LogP contribution in [0.1, 0.15) is 30.2 Å². The molecule has 0 atom stereocenters. The van der Waals surface area contributed by atoms with E-state index in [1.807, 2.05) is 0 Å². The van der Waals surface area contributed by atoms with Gasteiger partial charge in [0.15, 0.2) is 0 Å². The third-order valence-corrected chi connectivity index (χ3v) is 2.19. The number of aryl methyl sites for hydroxylation is 2. The van der Waals surface area contributed by atoms with Crippen LogP contribution in [0.2, 0.25) is 0 Å². The van der Waals surface area contributed by atoms with E-state index in [0.29, 0.717) is 5.89 Å². The fourth-order valence-corrected chi connectivity index (χ4v) is 1.61. The molecular weight excluding hydrogens is 170 g/mol. The topological polar surface area (TPSA) is 63.3 Å². The van der Waals surface area contributed by atoms with Crippen LogP contribution in [0.25, 0.3) is 0 Å². The predicted octanol–water partition coefficient (Wildman–Crippen LogP) is 1.18. The molecule has 13 heavy (non-hydrogen) atoms. The summed E-state index contributed by atoms with van der Waals surface area (Å²) in [6.45, 7) is 0. The molecule has 4 heteroatoms. The molecular formula is C9H11NO3. The molecule has 1 aromatic rings. The van der Waals surface area contributed by atoms with Crippen LogP contribution in [0.5, 0.6) is 0 Å². The van der Waals surface area contributed by atoms with Gasteiger partial charge in [0.25, 0.3) is 0 Å². The molecule has 1 aromatic heterocycles. The molecule has 0 saturated carbocycles. The van der Waals surface area contributed by atoms with Crippen LogP contribution >= 0.6 is 0 Å². The fourth-order valence-electron chi connectivity index (χ4n) is 1.61. The number of fused-ring (bicyclic) bond motifs is 1. The van der Waals surface area contributed by atoms with Gasteiger partial charge in [0, 0.05) is 6.42 Å². The second-order valence-corrected chi connectivity index (χ2v) is 3.26. The maximum atomic E-state index is 10.4. The van der Waals surface area contributed by atoms with Crippen LogP contribution in [0.4, 0.5) is 0 Å². The summed E-state index contributed by atoms with van der Waals surface area (Å²) in [5, 5.41) is 8.53. The Morgan fingerprint density at radius 3 is 2.92 bits per heavy atom. The molecule has 1 aliphatic carbocycles. The van der Waals surface area contributed by atoms with Crippen LogP contribution in [0.15, 0.2) is 4.42 Å². The largest absolute Gasteiger partial charge is 0.481 e. The highest BCUT2D eigenvalue weighted by Crippen LogP contribution is 2.21. The van der Waals surface area contributed by atoms with Crippen molar-refractivity contribution in [1.82, 2.24) is 4.98 Å². The van der Waals surface area contributed by atoms with Crippen molar-refractivity contribution in [3.05, 3.63) is 17.3 Å². The average Bonchev–Trinajstić information content (AvgIpc) is 2.44. The zero-order chi connectivity index (χ0) is 9.26. The Morgan fingerprint density at radius 1 is 1.46 bits per heavy atom. The molecule has 1 heterocycles. The number of aromatic nitrogens is 1. The molecule has 0 bridgehead atoms. The number of oxazole rings is 1. The van der Waals surface area contributed by atoms with Crippen molar-refractivity contribution < 1.29 is 14.3 Å². The van der Waals surface area contributed by atoms with Gasteiger partial charge in [0.2, 0.25) is 5.89 Å². The number of nitrogens with zero attached hydrogens (tertiary/aromatic N) is 1. The molecule has 0 unspecified atom stereocenters. The molecule has 0 spiro atoms. The van der Waals surface area contributed by atoms with Crippen molar-refractivity contribution in [3.8, 4) is 0 Å². The second-order valence-electron chi connectivity index (χ2n) is 3.26. The Kier molecular flexibility index (Phi) is 2.04. The highest BCUT2D eigenvalue weighted by atomic mass is 16.4. The molecule has 0 aliphatic heterocycles. The van der Waals surface area contributed by atoms with Crippen molar-refractivity contribution in [2.45, 2.75) is 32.1 Å². The molecule has 0 amide bonds. The zero-order valence-electron chi connectivity index (χ0n) is 7.25. The minimum absolute atomic E-state index is 0.104. The van der Waals surface area contributed by atoms with E-state index >= 15 is 0 Å². The lowest BCUT2D eigenvalue weighted by Gasteiger charge is -2.05. The minimum atomic E-state index is -0.890. The number of carbonyl (C=O) groups is 1. The maximum Gasteiger partial charge on any atom is 0.312 e. The van der Waals surface area contributed by atoms with Gasteiger partial charge in [0.05, 0.1) is 5.69 Å². The van der Waals surface area contributed by atoms with Gasteiger partial charge in [-0.05, 0) is 19.3 Å². The van der Waals surface area contributed by atoms with Crippen molar-refractivity contribution in [2.75, 3.05) is 0 Å². The van der Waals surface area contributed by atoms with E-state index in [4.69, 9.17) is 9.52 Å².